The molecule has 1 aromatic rings. The first-order chi connectivity index (χ1) is 12.3. The van der Waals surface area contributed by atoms with Gasteiger partial charge in [-0.3, -0.25) is 15.6 Å². The molecule has 1 amide bonds. The Morgan fingerprint density at radius 3 is 2.42 bits per heavy atom. The Hall–Kier alpha value is -1.82. The van der Waals surface area contributed by atoms with Gasteiger partial charge in [-0.15, -0.1) is 0 Å². The Labute approximate surface area is 162 Å². The number of thiocarbonyl (C=S) groups is 1. The molecular formula is C20H31N3O2S. The van der Waals surface area contributed by atoms with Crippen LogP contribution >= 0.6 is 12.2 Å². The van der Waals surface area contributed by atoms with Gasteiger partial charge in [-0.2, -0.15) is 0 Å². The molecule has 0 radical (unpaired) electrons. The second-order valence-electron chi connectivity index (χ2n) is 7.85. The summed E-state index contributed by atoms with van der Waals surface area (Å²) in [4.78, 5) is 11.8. The summed E-state index contributed by atoms with van der Waals surface area (Å²) in [7, 11) is 0. The number of hydrogen-bond donors (Lipinski definition) is 3. The molecule has 0 aromatic heterocycles. The van der Waals surface area contributed by atoms with Crippen molar-refractivity contribution in [3.63, 3.8) is 0 Å². The summed E-state index contributed by atoms with van der Waals surface area (Å²) in [5.41, 5.74) is 6.81. The van der Waals surface area contributed by atoms with Crippen molar-refractivity contribution in [3.8, 4) is 5.75 Å². The van der Waals surface area contributed by atoms with Crippen LogP contribution in [0.2, 0.25) is 0 Å². The van der Waals surface area contributed by atoms with Gasteiger partial charge in [0.25, 0.3) is 0 Å². The molecule has 26 heavy (non-hydrogen) atoms. The van der Waals surface area contributed by atoms with Gasteiger partial charge in [0.05, 0.1) is 6.61 Å². The van der Waals surface area contributed by atoms with E-state index in [2.05, 4.69) is 49.1 Å². The Morgan fingerprint density at radius 2 is 1.81 bits per heavy atom. The van der Waals surface area contributed by atoms with E-state index in [0.29, 0.717) is 30.6 Å². The molecule has 0 bridgehead atoms. The van der Waals surface area contributed by atoms with E-state index in [1.54, 1.807) is 0 Å². The number of rotatable bonds is 6. The number of amides is 1. The molecule has 144 valence electrons. The molecule has 1 saturated carbocycles. The van der Waals surface area contributed by atoms with E-state index in [-0.39, 0.29) is 11.3 Å². The molecule has 1 aliphatic carbocycles. The summed E-state index contributed by atoms with van der Waals surface area (Å²) in [5, 5.41) is 3.71. The second kappa shape index (κ2) is 9.76. The van der Waals surface area contributed by atoms with Gasteiger partial charge in [0.2, 0.25) is 5.91 Å². The van der Waals surface area contributed by atoms with Crippen molar-refractivity contribution < 1.29 is 9.53 Å². The highest BCUT2D eigenvalue weighted by Crippen LogP contribution is 2.24. The zero-order valence-electron chi connectivity index (χ0n) is 16.1. The minimum Gasteiger partial charge on any atom is -0.494 e. The fourth-order valence-corrected chi connectivity index (χ4v) is 3.17. The van der Waals surface area contributed by atoms with Gasteiger partial charge in [0.15, 0.2) is 5.11 Å². The predicted octanol–water partition coefficient (Wildman–Crippen LogP) is 3.58. The van der Waals surface area contributed by atoms with E-state index in [1.165, 1.54) is 18.4 Å². The lowest BCUT2D eigenvalue weighted by Gasteiger charge is -2.19. The monoisotopic (exact) mass is 377 g/mol. The number of nitrogens with one attached hydrogen (secondary N) is 3. The van der Waals surface area contributed by atoms with E-state index < -0.39 is 0 Å². The lowest BCUT2D eigenvalue weighted by atomic mass is 9.87. The largest absolute Gasteiger partial charge is 0.494 e. The fourth-order valence-electron chi connectivity index (χ4n) is 2.95. The number of carbonyl (C=O) groups is 1. The average Bonchev–Trinajstić information content (AvgIpc) is 3.09. The molecule has 0 aliphatic heterocycles. The van der Waals surface area contributed by atoms with Crippen LogP contribution in [0.5, 0.6) is 5.75 Å². The molecule has 6 heteroatoms. The lowest BCUT2D eigenvalue weighted by molar-refractivity contribution is -0.121. The standard InChI is InChI=1S/C20H31N3O2S/c1-20(2,3)15-10-12-17(13-11-15)25-14-6-9-18(24)22-23-19(26)21-16-7-4-5-8-16/h10-13,16H,4-9,14H2,1-3H3,(H,22,24)(H2,21,23,26). The number of ether oxygens (including phenoxy) is 1. The van der Waals surface area contributed by atoms with Crippen LogP contribution in [-0.2, 0) is 10.2 Å². The summed E-state index contributed by atoms with van der Waals surface area (Å²) in [6.45, 7) is 7.06. The lowest BCUT2D eigenvalue weighted by Crippen LogP contribution is -2.49. The zero-order chi connectivity index (χ0) is 19.0. The van der Waals surface area contributed by atoms with E-state index >= 15 is 0 Å². The Balaban J connectivity index is 1.57. The fraction of sp³-hybridized carbons (Fsp3) is 0.600. The summed E-state index contributed by atoms with van der Waals surface area (Å²) >= 11 is 5.18. The second-order valence-corrected chi connectivity index (χ2v) is 8.26. The third-order valence-corrected chi connectivity index (χ3v) is 4.76. The molecule has 5 nitrogen and oxygen atoms in total. The molecular weight excluding hydrogens is 346 g/mol. The third kappa shape index (κ3) is 7.20. The Morgan fingerprint density at radius 1 is 1.15 bits per heavy atom. The number of benzene rings is 1. The normalized spacial score (nSPS) is 14.7. The minimum atomic E-state index is -0.0905. The molecule has 0 unspecified atom stereocenters. The Kier molecular flexibility index (Phi) is 7.69. The van der Waals surface area contributed by atoms with E-state index in [1.807, 2.05) is 12.1 Å². The van der Waals surface area contributed by atoms with Gasteiger partial charge >= 0.3 is 0 Å². The highest BCUT2D eigenvalue weighted by Gasteiger charge is 2.15. The first-order valence-electron chi connectivity index (χ1n) is 9.43. The molecule has 0 atom stereocenters. The van der Waals surface area contributed by atoms with Crippen LogP contribution in [0.4, 0.5) is 0 Å². The SMILES string of the molecule is CC(C)(C)c1ccc(OCCCC(=O)NNC(=S)NC2CCCC2)cc1. The number of hydrogen-bond acceptors (Lipinski definition) is 3. The van der Waals surface area contributed by atoms with E-state index in [4.69, 9.17) is 17.0 Å². The van der Waals surface area contributed by atoms with Crippen molar-refractivity contribution >= 4 is 23.2 Å². The van der Waals surface area contributed by atoms with Gasteiger partial charge in [-0.05, 0) is 54.6 Å². The van der Waals surface area contributed by atoms with Crippen LogP contribution in [0.1, 0.15) is 64.9 Å². The smallest absolute Gasteiger partial charge is 0.238 e. The Bertz CT molecular complexity index is 590. The maximum Gasteiger partial charge on any atom is 0.238 e. The molecule has 0 saturated heterocycles. The molecule has 2 rings (SSSR count). The van der Waals surface area contributed by atoms with Gasteiger partial charge in [-0.25, -0.2) is 0 Å². The average molecular weight is 378 g/mol. The number of hydrazine groups is 1. The van der Waals surface area contributed by atoms with Crippen molar-refractivity contribution in [3.05, 3.63) is 29.8 Å². The van der Waals surface area contributed by atoms with Gasteiger partial charge in [-0.1, -0.05) is 45.7 Å². The summed E-state index contributed by atoms with van der Waals surface area (Å²) in [5.74, 6) is 0.741. The van der Waals surface area contributed by atoms with Crippen molar-refractivity contribution in [2.75, 3.05) is 6.61 Å². The van der Waals surface area contributed by atoms with Crippen molar-refractivity contribution in [2.45, 2.75) is 70.8 Å². The van der Waals surface area contributed by atoms with E-state index in [9.17, 15) is 4.79 Å². The quantitative estimate of drug-likeness (QED) is 0.402. The molecule has 1 aliphatic rings. The predicted molar refractivity (Wildman–Crippen MR) is 109 cm³/mol. The highest BCUT2D eigenvalue weighted by atomic mass is 32.1. The maximum atomic E-state index is 11.8. The summed E-state index contributed by atoms with van der Waals surface area (Å²) < 4.78 is 5.70. The molecule has 1 fully saturated rings. The first-order valence-corrected chi connectivity index (χ1v) is 9.84. The summed E-state index contributed by atoms with van der Waals surface area (Å²) in [6, 6.07) is 8.57. The highest BCUT2D eigenvalue weighted by molar-refractivity contribution is 7.80. The van der Waals surface area contributed by atoms with Gasteiger partial charge < -0.3 is 10.1 Å². The maximum absolute atomic E-state index is 11.8. The van der Waals surface area contributed by atoms with Crippen molar-refractivity contribution in [1.82, 2.24) is 16.2 Å². The molecule has 0 heterocycles. The molecule has 3 N–H and O–H groups in total. The topological polar surface area (TPSA) is 62.4 Å². The zero-order valence-corrected chi connectivity index (χ0v) is 16.9. The van der Waals surface area contributed by atoms with Crippen molar-refractivity contribution in [2.24, 2.45) is 0 Å². The van der Waals surface area contributed by atoms with Gasteiger partial charge in [0.1, 0.15) is 5.75 Å². The third-order valence-electron chi connectivity index (χ3n) is 4.54. The van der Waals surface area contributed by atoms with Crippen molar-refractivity contribution in [1.29, 1.82) is 0 Å². The molecule has 0 spiro atoms. The van der Waals surface area contributed by atoms with E-state index in [0.717, 1.165) is 18.6 Å². The first kappa shape index (κ1) is 20.5. The van der Waals surface area contributed by atoms with Crippen LogP contribution < -0.4 is 20.9 Å². The van der Waals surface area contributed by atoms with Gasteiger partial charge in [0, 0.05) is 12.5 Å². The van der Waals surface area contributed by atoms with Crippen LogP contribution in [0.25, 0.3) is 0 Å². The summed E-state index contributed by atoms with van der Waals surface area (Å²) in [6.07, 6.45) is 5.81. The van der Waals surface area contributed by atoms with Crippen LogP contribution in [0.3, 0.4) is 0 Å². The van der Waals surface area contributed by atoms with Crippen LogP contribution in [0, 0.1) is 0 Å². The molecule has 1 aromatic carbocycles. The minimum absolute atomic E-state index is 0.0905. The number of carbonyl (C=O) groups excluding carboxylic acids is 1. The van der Waals surface area contributed by atoms with Crippen LogP contribution in [-0.4, -0.2) is 23.7 Å². The van der Waals surface area contributed by atoms with Crippen LogP contribution in [0.15, 0.2) is 24.3 Å².